The van der Waals surface area contributed by atoms with Gasteiger partial charge >= 0.3 is 0 Å². The molecule has 2 saturated heterocycles. The van der Waals surface area contributed by atoms with E-state index in [9.17, 15) is 9.59 Å². The number of pyridine rings is 1. The van der Waals surface area contributed by atoms with Crippen molar-refractivity contribution in [3.8, 4) is 0 Å². The molecular weight excluding hydrogens is 286 g/mol. The van der Waals surface area contributed by atoms with E-state index in [0.717, 1.165) is 12.0 Å². The van der Waals surface area contributed by atoms with Crippen LogP contribution in [0.2, 0.25) is 0 Å². The second-order valence-corrected chi connectivity index (χ2v) is 6.75. The Morgan fingerprint density at radius 3 is 2.90 bits per heavy atom. The molecule has 1 aromatic heterocycles. The average Bonchev–Trinajstić information content (AvgIpc) is 2.75. The first-order valence-corrected chi connectivity index (χ1v) is 7.50. The first kappa shape index (κ1) is 14.0. The van der Waals surface area contributed by atoms with E-state index in [0.29, 0.717) is 5.57 Å². The highest BCUT2D eigenvalue weighted by Gasteiger charge is 2.59. The van der Waals surface area contributed by atoms with Gasteiger partial charge in [0, 0.05) is 19.5 Å². The molecule has 0 aliphatic carbocycles. The third kappa shape index (κ3) is 2.10. The summed E-state index contributed by atoms with van der Waals surface area (Å²) in [5, 5.41) is -0.0993. The Kier molecular flexibility index (Phi) is 3.41. The standard InChI is InChI=1S/C15H15N3O2S/c1-15(9-16-2)12(8-19)18-13(20)11(14(18)21-15)7-10-5-3-4-6-17-10/h3-9,12,14H,1-2H3/b11-7-,16-9+/t12-,14?,15-/m0/s1. The van der Waals surface area contributed by atoms with Crippen LogP contribution in [0.1, 0.15) is 12.6 Å². The fourth-order valence-electron chi connectivity index (χ4n) is 2.74. The van der Waals surface area contributed by atoms with Crippen LogP contribution in [-0.4, -0.2) is 51.5 Å². The van der Waals surface area contributed by atoms with Gasteiger partial charge in [-0.2, -0.15) is 0 Å². The van der Waals surface area contributed by atoms with Gasteiger partial charge in [0.05, 0.1) is 16.0 Å². The fraction of sp³-hybridized carbons (Fsp3) is 0.333. The zero-order valence-electron chi connectivity index (χ0n) is 11.8. The summed E-state index contributed by atoms with van der Waals surface area (Å²) in [6.45, 7) is 1.94. The number of carbonyl (C=O) groups is 2. The Hall–Kier alpha value is -1.95. The lowest BCUT2D eigenvalue weighted by atomic mass is 9.95. The summed E-state index contributed by atoms with van der Waals surface area (Å²) in [5.74, 6) is -0.0940. The highest BCUT2D eigenvalue weighted by Crippen LogP contribution is 2.52. The molecule has 1 unspecified atom stereocenters. The molecule has 3 rings (SSSR count). The van der Waals surface area contributed by atoms with Crippen molar-refractivity contribution in [1.29, 1.82) is 0 Å². The smallest absolute Gasteiger partial charge is 0.254 e. The van der Waals surface area contributed by atoms with Gasteiger partial charge in [-0.05, 0) is 25.1 Å². The van der Waals surface area contributed by atoms with Crippen molar-refractivity contribution in [2.75, 3.05) is 7.05 Å². The molecule has 0 radical (unpaired) electrons. The van der Waals surface area contributed by atoms with E-state index in [1.54, 1.807) is 42.2 Å². The maximum absolute atomic E-state index is 12.3. The number of aliphatic imine (C=N–C) groups is 1. The summed E-state index contributed by atoms with van der Waals surface area (Å²) in [5.41, 5.74) is 1.44. The van der Waals surface area contributed by atoms with E-state index >= 15 is 0 Å². The quantitative estimate of drug-likeness (QED) is 0.366. The van der Waals surface area contributed by atoms with E-state index in [1.165, 1.54) is 0 Å². The lowest BCUT2D eigenvalue weighted by Gasteiger charge is -2.38. The van der Waals surface area contributed by atoms with Gasteiger partial charge in [-0.25, -0.2) is 0 Å². The lowest BCUT2D eigenvalue weighted by molar-refractivity contribution is -0.138. The highest BCUT2D eigenvalue weighted by atomic mass is 32.2. The van der Waals surface area contributed by atoms with Gasteiger partial charge in [-0.15, -0.1) is 11.8 Å². The molecule has 5 nitrogen and oxygen atoms in total. The van der Waals surface area contributed by atoms with E-state index in [4.69, 9.17) is 0 Å². The molecule has 21 heavy (non-hydrogen) atoms. The number of rotatable bonds is 3. The van der Waals surface area contributed by atoms with Crippen LogP contribution in [0.25, 0.3) is 6.08 Å². The van der Waals surface area contributed by atoms with Crippen molar-refractivity contribution in [2.24, 2.45) is 4.99 Å². The fourth-order valence-corrected chi connectivity index (χ4v) is 4.33. The van der Waals surface area contributed by atoms with Crippen molar-refractivity contribution in [2.45, 2.75) is 23.1 Å². The number of hydrogen-bond acceptors (Lipinski definition) is 5. The minimum atomic E-state index is -0.476. The van der Waals surface area contributed by atoms with Gasteiger partial charge in [0.25, 0.3) is 5.91 Å². The van der Waals surface area contributed by atoms with Crippen LogP contribution in [0.4, 0.5) is 0 Å². The van der Waals surface area contributed by atoms with E-state index in [-0.39, 0.29) is 11.3 Å². The molecule has 6 heteroatoms. The summed E-state index contributed by atoms with van der Waals surface area (Å²) in [6.07, 6.45) is 6.08. The Balaban J connectivity index is 1.93. The number of nitrogens with zero attached hydrogens (tertiary/aromatic N) is 3. The Bertz CT molecular complexity index is 644. The molecule has 0 N–H and O–H groups in total. The third-order valence-corrected chi connectivity index (χ3v) is 5.32. The molecule has 2 aliphatic heterocycles. The van der Waals surface area contributed by atoms with E-state index in [2.05, 4.69) is 9.98 Å². The van der Waals surface area contributed by atoms with Crippen molar-refractivity contribution < 1.29 is 9.59 Å². The zero-order valence-corrected chi connectivity index (χ0v) is 12.6. The summed E-state index contributed by atoms with van der Waals surface area (Å²) in [4.78, 5) is 33.6. The number of fused-ring (bicyclic) bond motifs is 1. The lowest BCUT2D eigenvalue weighted by Crippen LogP contribution is -2.56. The molecule has 1 amide bonds. The molecule has 0 bridgehead atoms. The van der Waals surface area contributed by atoms with Crippen LogP contribution in [0.3, 0.4) is 0 Å². The maximum atomic E-state index is 12.3. The number of amides is 1. The van der Waals surface area contributed by atoms with Gasteiger partial charge in [0.2, 0.25) is 0 Å². The molecule has 0 saturated carbocycles. The minimum absolute atomic E-state index is 0.0940. The maximum Gasteiger partial charge on any atom is 0.254 e. The molecule has 0 aromatic carbocycles. The van der Waals surface area contributed by atoms with E-state index < -0.39 is 10.8 Å². The molecule has 2 fully saturated rings. The molecule has 0 spiro atoms. The number of hydrogen-bond donors (Lipinski definition) is 0. The van der Waals surface area contributed by atoms with Crippen molar-refractivity contribution in [3.63, 3.8) is 0 Å². The topological polar surface area (TPSA) is 62.6 Å². The second-order valence-electron chi connectivity index (χ2n) is 5.19. The first-order valence-electron chi connectivity index (χ1n) is 6.62. The summed E-state index contributed by atoms with van der Waals surface area (Å²) in [7, 11) is 1.68. The molecule has 3 atom stereocenters. The molecule has 108 valence electrons. The Morgan fingerprint density at radius 1 is 1.48 bits per heavy atom. The predicted octanol–water partition coefficient (Wildman–Crippen LogP) is 1.41. The van der Waals surface area contributed by atoms with Crippen LogP contribution in [-0.2, 0) is 9.59 Å². The largest absolute Gasteiger partial charge is 0.311 e. The minimum Gasteiger partial charge on any atom is -0.311 e. The molecule has 1 aromatic rings. The molecular formula is C15H15N3O2S. The summed E-state index contributed by atoms with van der Waals surface area (Å²) >= 11 is 1.58. The van der Waals surface area contributed by atoms with Crippen molar-refractivity contribution >= 4 is 36.2 Å². The van der Waals surface area contributed by atoms with Crippen LogP contribution in [0.5, 0.6) is 0 Å². The molecule has 3 heterocycles. The van der Waals surface area contributed by atoms with E-state index in [1.807, 2.05) is 25.1 Å². The monoisotopic (exact) mass is 301 g/mol. The SMILES string of the molecule is C/N=C/[C@]1(C)SC2/C(=C\c3ccccn3)C(=O)N2[C@H]1C=O. The normalized spacial score (nSPS) is 33.3. The number of aldehydes is 1. The van der Waals surface area contributed by atoms with Crippen LogP contribution in [0, 0.1) is 0 Å². The van der Waals surface area contributed by atoms with Crippen LogP contribution >= 0.6 is 11.8 Å². The van der Waals surface area contributed by atoms with Crippen LogP contribution in [0.15, 0.2) is 35.0 Å². The van der Waals surface area contributed by atoms with Gasteiger partial charge in [0.1, 0.15) is 17.7 Å². The number of thioether (sulfide) groups is 1. The number of carbonyl (C=O) groups excluding carboxylic acids is 2. The van der Waals surface area contributed by atoms with Gasteiger partial charge in [-0.1, -0.05) is 6.07 Å². The Morgan fingerprint density at radius 2 is 2.29 bits per heavy atom. The van der Waals surface area contributed by atoms with Gasteiger partial charge in [-0.3, -0.25) is 14.8 Å². The van der Waals surface area contributed by atoms with Crippen molar-refractivity contribution in [1.82, 2.24) is 9.88 Å². The van der Waals surface area contributed by atoms with Crippen LogP contribution < -0.4 is 0 Å². The second kappa shape index (κ2) is 5.11. The number of β-lactam (4-membered cyclic amide) rings is 1. The Labute approximate surface area is 127 Å². The summed E-state index contributed by atoms with van der Waals surface area (Å²) < 4.78 is -0.476. The number of aromatic nitrogens is 1. The third-order valence-electron chi connectivity index (χ3n) is 3.76. The predicted molar refractivity (Wildman–Crippen MR) is 83.1 cm³/mol. The van der Waals surface area contributed by atoms with Gasteiger partial charge in [0.15, 0.2) is 0 Å². The summed E-state index contributed by atoms with van der Waals surface area (Å²) in [6, 6.07) is 5.10. The first-order chi connectivity index (χ1) is 10.1. The van der Waals surface area contributed by atoms with Gasteiger partial charge < -0.3 is 9.69 Å². The highest BCUT2D eigenvalue weighted by molar-refractivity contribution is 8.02. The van der Waals surface area contributed by atoms with Crippen molar-refractivity contribution in [3.05, 3.63) is 35.7 Å². The average molecular weight is 301 g/mol. The molecule has 2 aliphatic rings. The zero-order chi connectivity index (χ0) is 15.0.